The van der Waals surface area contributed by atoms with Crippen LogP contribution in [0.15, 0.2) is 23.1 Å². The van der Waals surface area contributed by atoms with Crippen molar-refractivity contribution in [2.45, 2.75) is 31.2 Å². The summed E-state index contributed by atoms with van der Waals surface area (Å²) >= 11 is 0. The fourth-order valence-corrected chi connectivity index (χ4v) is 3.44. The smallest absolute Gasteiger partial charge is 0.246 e. The molecule has 0 bridgehead atoms. The second-order valence-corrected chi connectivity index (χ2v) is 6.29. The molecule has 0 saturated heterocycles. The molecule has 1 aromatic rings. The van der Waals surface area contributed by atoms with Crippen LogP contribution < -0.4 is 5.73 Å². The van der Waals surface area contributed by atoms with E-state index < -0.39 is 26.6 Å². The van der Waals surface area contributed by atoms with Crippen molar-refractivity contribution in [2.75, 3.05) is 13.1 Å². The Kier molecular flexibility index (Phi) is 5.39. The molecule has 0 saturated carbocycles. The molecule has 19 heavy (non-hydrogen) atoms. The molecule has 4 nitrogen and oxygen atoms in total. The van der Waals surface area contributed by atoms with Crippen LogP contribution in [0.4, 0.5) is 8.78 Å². The van der Waals surface area contributed by atoms with Crippen LogP contribution >= 0.6 is 0 Å². The predicted molar refractivity (Wildman–Crippen MR) is 69.1 cm³/mol. The first-order valence-corrected chi connectivity index (χ1v) is 7.41. The van der Waals surface area contributed by atoms with E-state index >= 15 is 0 Å². The van der Waals surface area contributed by atoms with Crippen molar-refractivity contribution in [3.05, 3.63) is 29.8 Å². The van der Waals surface area contributed by atoms with Gasteiger partial charge in [0.05, 0.1) is 0 Å². The van der Waals surface area contributed by atoms with Crippen LogP contribution in [0.5, 0.6) is 0 Å². The largest absolute Gasteiger partial charge is 0.330 e. The van der Waals surface area contributed by atoms with Crippen LogP contribution in [0, 0.1) is 11.6 Å². The van der Waals surface area contributed by atoms with E-state index in [1.54, 1.807) is 13.8 Å². The molecule has 1 aromatic carbocycles. The summed E-state index contributed by atoms with van der Waals surface area (Å²) in [5.74, 6) is -1.90. The number of rotatable bonds is 6. The SMILES string of the molecule is CC(C)N(CCCN)S(=O)(=O)c1ccc(F)cc1F. The first kappa shape index (κ1) is 16.0. The third-order valence-corrected chi connectivity index (χ3v) is 4.75. The highest BCUT2D eigenvalue weighted by molar-refractivity contribution is 7.89. The lowest BCUT2D eigenvalue weighted by Crippen LogP contribution is -2.38. The molecule has 1 rings (SSSR count). The molecular formula is C12H18F2N2O2S. The van der Waals surface area contributed by atoms with Gasteiger partial charge in [0.1, 0.15) is 16.5 Å². The van der Waals surface area contributed by atoms with Gasteiger partial charge in [-0.25, -0.2) is 17.2 Å². The summed E-state index contributed by atoms with van der Waals surface area (Å²) in [7, 11) is -3.98. The molecule has 0 aliphatic carbocycles. The van der Waals surface area contributed by atoms with Gasteiger partial charge in [-0.15, -0.1) is 0 Å². The number of hydrogen-bond donors (Lipinski definition) is 1. The van der Waals surface area contributed by atoms with Gasteiger partial charge < -0.3 is 5.73 Å². The zero-order valence-electron chi connectivity index (χ0n) is 10.9. The summed E-state index contributed by atoms with van der Waals surface area (Å²) in [5.41, 5.74) is 5.36. The van der Waals surface area contributed by atoms with Gasteiger partial charge in [-0.1, -0.05) is 0 Å². The Labute approximate surface area is 112 Å². The zero-order valence-corrected chi connectivity index (χ0v) is 11.8. The first-order chi connectivity index (χ1) is 8.80. The van der Waals surface area contributed by atoms with Crippen LogP contribution in [-0.2, 0) is 10.0 Å². The monoisotopic (exact) mass is 292 g/mol. The molecule has 0 atom stereocenters. The average molecular weight is 292 g/mol. The standard InChI is InChI=1S/C12H18F2N2O2S/c1-9(2)16(7-3-6-15)19(17,18)12-5-4-10(13)8-11(12)14/h4-5,8-9H,3,6-7,15H2,1-2H3. The minimum atomic E-state index is -3.98. The summed E-state index contributed by atoms with van der Waals surface area (Å²) in [6.45, 7) is 3.92. The van der Waals surface area contributed by atoms with Crippen LogP contribution in [-0.4, -0.2) is 31.9 Å². The second kappa shape index (κ2) is 6.40. The van der Waals surface area contributed by atoms with Crippen molar-refractivity contribution in [3.63, 3.8) is 0 Å². The molecule has 0 radical (unpaired) electrons. The Morgan fingerprint density at radius 3 is 2.42 bits per heavy atom. The second-order valence-electron chi connectivity index (χ2n) is 4.43. The number of nitrogens with zero attached hydrogens (tertiary/aromatic N) is 1. The Bertz CT molecular complexity index is 533. The molecule has 0 amide bonds. The van der Waals surface area contributed by atoms with Gasteiger partial charge in [0, 0.05) is 18.7 Å². The molecule has 108 valence electrons. The van der Waals surface area contributed by atoms with Crippen molar-refractivity contribution in [3.8, 4) is 0 Å². The van der Waals surface area contributed by atoms with Gasteiger partial charge in [-0.05, 0) is 38.9 Å². The zero-order chi connectivity index (χ0) is 14.6. The van der Waals surface area contributed by atoms with Crippen LogP contribution in [0.2, 0.25) is 0 Å². The summed E-state index contributed by atoms with van der Waals surface area (Å²) < 4.78 is 52.3. The summed E-state index contributed by atoms with van der Waals surface area (Å²) in [5, 5.41) is 0. The van der Waals surface area contributed by atoms with Crippen LogP contribution in [0.25, 0.3) is 0 Å². The molecule has 0 spiro atoms. The van der Waals surface area contributed by atoms with Crippen molar-refractivity contribution < 1.29 is 17.2 Å². The van der Waals surface area contributed by atoms with Gasteiger partial charge in [0.25, 0.3) is 0 Å². The lowest BCUT2D eigenvalue weighted by Gasteiger charge is -2.25. The van der Waals surface area contributed by atoms with E-state index in [4.69, 9.17) is 5.73 Å². The maximum Gasteiger partial charge on any atom is 0.246 e. The van der Waals surface area contributed by atoms with Crippen molar-refractivity contribution in [1.82, 2.24) is 4.31 Å². The van der Waals surface area contributed by atoms with Crippen LogP contribution in [0.3, 0.4) is 0 Å². The van der Waals surface area contributed by atoms with E-state index in [1.165, 1.54) is 0 Å². The third-order valence-electron chi connectivity index (χ3n) is 2.64. The van der Waals surface area contributed by atoms with Gasteiger partial charge >= 0.3 is 0 Å². The molecule has 0 unspecified atom stereocenters. The Balaban J connectivity index is 3.19. The Morgan fingerprint density at radius 1 is 1.32 bits per heavy atom. The minimum Gasteiger partial charge on any atom is -0.330 e. The van der Waals surface area contributed by atoms with E-state index in [9.17, 15) is 17.2 Å². The maximum atomic E-state index is 13.6. The average Bonchev–Trinajstić information content (AvgIpc) is 2.27. The van der Waals surface area contributed by atoms with E-state index in [0.717, 1.165) is 16.4 Å². The third kappa shape index (κ3) is 3.71. The molecule has 0 aromatic heterocycles. The number of benzene rings is 1. The summed E-state index contributed by atoms with van der Waals surface area (Å²) in [6.07, 6.45) is 0.472. The Hall–Kier alpha value is -1.05. The molecule has 2 N–H and O–H groups in total. The van der Waals surface area contributed by atoms with Gasteiger partial charge in [0.2, 0.25) is 10.0 Å². The lowest BCUT2D eigenvalue weighted by molar-refractivity contribution is 0.349. The molecule has 0 heterocycles. The van der Waals surface area contributed by atoms with Crippen molar-refractivity contribution in [2.24, 2.45) is 5.73 Å². The number of sulfonamides is 1. The van der Waals surface area contributed by atoms with Crippen LogP contribution in [0.1, 0.15) is 20.3 Å². The topological polar surface area (TPSA) is 63.4 Å². The number of nitrogens with two attached hydrogens (primary N) is 1. The molecule has 0 aliphatic rings. The highest BCUT2D eigenvalue weighted by Crippen LogP contribution is 2.22. The number of hydrogen-bond acceptors (Lipinski definition) is 3. The molecule has 7 heteroatoms. The maximum absolute atomic E-state index is 13.6. The normalized spacial score (nSPS) is 12.4. The van der Waals surface area contributed by atoms with Crippen molar-refractivity contribution in [1.29, 1.82) is 0 Å². The first-order valence-electron chi connectivity index (χ1n) is 5.97. The van der Waals surface area contributed by atoms with E-state index in [0.29, 0.717) is 19.0 Å². The molecule has 0 fully saturated rings. The van der Waals surface area contributed by atoms with Crippen molar-refractivity contribution >= 4 is 10.0 Å². The molecule has 0 aliphatic heterocycles. The van der Waals surface area contributed by atoms with E-state index in [1.807, 2.05) is 0 Å². The fraction of sp³-hybridized carbons (Fsp3) is 0.500. The summed E-state index contributed by atoms with van der Waals surface area (Å²) in [6, 6.07) is 2.10. The van der Waals surface area contributed by atoms with Gasteiger partial charge in [-0.3, -0.25) is 0 Å². The Morgan fingerprint density at radius 2 is 1.95 bits per heavy atom. The quantitative estimate of drug-likeness (QED) is 0.868. The molecular weight excluding hydrogens is 274 g/mol. The highest BCUT2D eigenvalue weighted by Gasteiger charge is 2.29. The van der Waals surface area contributed by atoms with Gasteiger partial charge in [-0.2, -0.15) is 4.31 Å². The summed E-state index contributed by atoms with van der Waals surface area (Å²) in [4.78, 5) is -0.514. The fourth-order valence-electron chi connectivity index (χ4n) is 1.71. The van der Waals surface area contributed by atoms with E-state index in [2.05, 4.69) is 0 Å². The van der Waals surface area contributed by atoms with E-state index in [-0.39, 0.29) is 12.6 Å². The predicted octanol–water partition coefficient (Wildman–Crippen LogP) is 1.71. The minimum absolute atomic E-state index is 0.202. The lowest BCUT2D eigenvalue weighted by atomic mass is 10.3. The highest BCUT2D eigenvalue weighted by atomic mass is 32.2. The number of halogens is 2. The van der Waals surface area contributed by atoms with Gasteiger partial charge in [0.15, 0.2) is 0 Å².